The van der Waals surface area contributed by atoms with Crippen molar-refractivity contribution in [2.75, 3.05) is 23.8 Å². The van der Waals surface area contributed by atoms with Gasteiger partial charge in [-0.1, -0.05) is 6.42 Å². The number of H-pyrrole nitrogens is 1. The molecule has 0 aliphatic carbocycles. The van der Waals surface area contributed by atoms with Crippen molar-refractivity contribution in [3.8, 4) is 6.07 Å². The van der Waals surface area contributed by atoms with Crippen LogP contribution in [-0.4, -0.2) is 61.9 Å². The van der Waals surface area contributed by atoms with E-state index in [-0.39, 0.29) is 6.61 Å². The highest BCUT2D eigenvalue weighted by Crippen LogP contribution is 2.37. The van der Waals surface area contributed by atoms with Gasteiger partial charge in [-0.2, -0.15) is 15.3 Å². The van der Waals surface area contributed by atoms with Crippen LogP contribution in [0.5, 0.6) is 0 Å². The number of hydrogen-bond donors (Lipinski definition) is 3. The van der Waals surface area contributed by atoms with Crippen molar-refractivity contribution in [2.45, 2.75) is 63.3 Å². The fourth-order valence-corrected chi connectivity index (χ4v) is 5.96. The maximum atomic E-state index is 9.30. The van der Waals surface area contributed by atoms with Crippen LogP contribution in [0.3, 0.4) is 0 Å². The van der Waals surface area contributed by atoms with E-state index in [9.17, 15) is 5.11 Å². The van der Waals surface area contributed by atoms with Crippen LogP contribution in [-0.2, 0) is 6.61 Å². The number of piperidine rings is 2. The molecule has 0 aromatic carbocycles. The number of anilines is 3. The number of hydrogen-bond acceptors (Lipinski definition) is 9. The second kappa shape index (κ2) is 9.02. The smallest absolute Gasteiger partial charge is 0.228 e. The summed E-state index contributed by atoms with van der Waals surface area (Å²) < 4.78 is 0. The van der Waals surface area contributed by atoms with Crippen LogP contribution in [0, 0.1) is 11.3 Å². The third-order valence-electron chi connectivity index (χ3n) is 6.81. The molecule has 9 nitrogen and oxygen atoms in total. The molecule has 168 valence electrons. The molecule has 0 saturated carbocycles. The number of nitriles is 1. The topological polar surface area (TPSA) is 117 Å². The number of nitrogens with zero attached hydrogens (tertiary/aromatic N) is 6. The SMILES string of the molecule is CN(c1nc(Nc2cc(CO)[nH]n2)c2ccsc2n1)[C@@H]1C[C@H]2CCC[C@@H](C1)N2CCC#N. The Labute approximate surface area is 191 Å². The highest BCUT2D eigenvalue weighted by molar-refractivity contribution is 7.16. The molecule has 5 rings (SSSR count). The van der Waals surface area contributed by atoms with E-state index in [1.807, 2.05) is 11.4 Å². The van der Waals surface area contributed by atoms with Gasteiger partial charge in [0.25, 0.3) is 0 Å². The van der Waals surface area contributed by atoms with E-state index in [2.05, 4.69) is 38.4 Å². The maximum Gasteiger partial charge on any atom is 0.228 e. The van der Waals surface area contributed by atoms with Crippen molar-refractivity contribution in [1.82, 2.24) is 25.1 Å². The second-order valence-electron chi connectivity index (χ2n) is 8.69. The van der Waals surface area contributed by atoms with Gasteiger partial charge in [0, 0.05) is 44.2 Å². The Hall–Kier alpha value is -2.74. The molecular formula is C22H28N8OS. The summed E-state index contributed by atoms with van der Waals surface area (Å²) in [7, 11) is 2.10. The zero-order chi connectivity index (χ0) is 22.1. The molecule has 3 N–H and O–H groups in total. The summed E-state index contributed by atoms with van der Waals surface area (Å²) in [6, 6.07) is 7.55. The molecular weight excluding hydrogens is 424 g/mol. The lowest BCUT2D eigenvalue weighted by atomic mass is 9.81. The van der Waals surface area contributed by atoms with E-state index in [1.165, 1.54) is 19.3 Å². The van der Waals surface area contributed by atoms with Crippen LogP contribution in [0.4, 0.5) is 17.6 Å². The summed E-state index contributed by atoms with van der Waals surface area (Å²) >= 11 is 1.60. The first-order valence-corrected chi connectivity index (χ1v) is 12.1. The van der Waals surface area contributed by atoms with Crippen molar-refractivity contribution >= 4 is 39.1 Å². The van der Waals surface area contributed by atoms with Gasteiger partial charge in [-0.25, -0.2) is 4.98 Å². The van der Waals surface area contributed by atoms with Gasteiger partial charge in [0.15, 0.2) is 5.82 Å². The summed E-state index contributed by atoms with van der Waals surface area (Å²) in [5.74, 6) is 2.06. The molecule has 3 aromatic rings. The van der Waals surface area contributed by atoms with Gasteiger partial charge in [-0.05, 0) is 37.1 Å². The fraction of sp³-hybridized carbons (Fsp3) is 0.545. The lowest BCUT2D eigenvalue weighted by molar-refractivity contribution is 0.0326. The number of fused-ring (bicyclic) bond motifs is 3. The molecule has 2 aliphatic heterocycles. The maximum absolute atomic E-state index is 9.30. The van der Waals surface area contributed by atoms with E-state index >= 15 is 0 Å². The predicted octanol–water partition coefficient (Wildman–Crippen LogP) is 3.39. The number of rotatable bonds is 7. The average molecular weight is 453 g/mol. The van der Waals surface area contributed by atoms with Crippen LogP contribution < -0.4 is 10.2 Å². The molecule has 0 spiro atoms. The van der Waals surface area contributed by atoms with E-state index in [0.29, 0.717) is 42.0 Å². The Bertz CT molecular complexity index is 1110. The summed E-state index contributed by atoms with van der Waals surface area (Å²) in [6.45, 7) is 0.795. The summed E-state index contributed by atoms with van der Waals surface area (Å²) in [6.07, 6.45) is 6.44. The summed E-state index contributed by atoms with van der Waals surface area (Å²) in [5.41, 5.74) is 0.648. The Morgan fingerprint density at radius 3 is 2.88 bits per heavy atom. The molecule has 2 fully saturated rings. The number of aliphatic hydroxyl groups excluding tert-OH is 1. The lowest BCUT2D eigenvalue weighted by Crippen LogP contribution is -2.56. The summed E-state index contributed by atoms with van der Waals surface area (Å²) in [4.78, 5) is 15.5. The zero-order valence-electron chi connectivity index (χ0n) is 18.2. The van der Waals surface area contributed by atoms with Gasteiger partial charge in [0.05, 0.1) is 23.8 Å². The highest BCUT2D eigenvalue weighted by atomic mass is 32.1. The van der Waals surface area contributed by atoms with Gasteiger partial charge >= 0.3 is 0 Å². The van der Waals surface area contributed by atoms with E-state index in [4.69, 9.17) is 15.2 Å². The highest BCUT2D eigenvalue weighted by Gasteiger charge is 2.39. The summed E-state index contributed by atoms with van der Waals surface area (Å²) in [5, 5.41) is 31.6. The van der Waals surface area contributed by atoms with Gasteiger partial charge in [0.2, 0.25) is 5.95 Å². The number of thiophene rings is 1. The quantitative estimate of drug-likeness (QED) is 0.499. The van der Waals surface area contributed by atoms with Crippen LogP contribution >= 0.6 is 11.3 Å². The molecule has 2 bridgehead atoms. The first-order chi connectivity index (χ1) is 15.7. The van der Waals surface area contributed by atoms with Crippen molar-refractivity contribution in [3.63, 3.8) is 0 Å². The van der Waals surface area contributed by atoms with Crippen molar-refractivity contribution in [1.29, 1.82) is 5.26 Å². The monoisotopic (exact) mass is 452 g/mol. The van der Waals surface area contributed by atoms with Crippen LogP contribution in [0.25, 0.3) is 10.2 Å². The third kappa shape index (κ3) is 4.03. The van der Waals surface area contributed by atoms with Crippen LogP contribution in [0.15, 0.2) is 17.5 Å². The molecule has 0 amide bonds. The second-order valence-corrected chi connectivity index (χ2v) is 9.59. The minimum atomic E-state index is -0.0876. The predicted molar refractivity (Wildman–Crippen MR) is 125 cm³/mol. The van der Waals surface area contributed by atoms with Gasteiger partial charge in [0.1, 0.15) is 10.6 Å². The van der Waals surface area contributed by atoms with E-state index in [0.717, 1.165) is 35.4 Å². The van der Waals surface area contributed by atoms with Crippen LogP contribution in [0.2, 0.25) is 0 Å². The Morgan fingerprint density at radius 2 is 2.16 bits per heavy atom. The minimum Gasteiger partial charge on any atom is -0.390 e. The van der Waals surface area contributed by atoms with Gasteiger partial charge < -0.3 is 15.3 Å². The molecule has 10 heteroatoms. The normalized spacial score (nSPS) is 23.2. The van der Waals surface area contributed by atoms with Gasteiger partial charge in [-0.3, -0.25) is 10.00 Å². The zero-order valence-corrected chi connectivity index (χ0v) is 19.0. The Morgan fingerprint density at radius 1 is 1.34 bits per heavy atom. The average Bonchev–Trinajstić information content (AvgIpc) is 3.46. The molecule has 3 aromatic heterocycles. The molecule has 5 heterocycles. The van der Waals surface area contributed by atoms with Gasteiger partial charge in [-0.15, -0.1) is 11.3 Å². The van der Waals surface area contributed by atoms with E-state index < -0.39 is 0 Å². The fourth-order valence-electron chi connectivity index (χ4n) is 5.20. The third-order valence-corrected chi connectivity index (χ3v) is 7.61. The molecule has 2 saturated heterocycles. The van der Waals surface area contributed by atoms with Crippen molar-refractivity contribution in [3.05, 3.63) is 23.2 Å². The Kier molecular flexibility index (Phi) is 5.95. The molecule has 0 radical (unpaired) electrons. The van der Waals surface area contributed by atoms with E-state index in [1.54, 1.807) is 17.4 Å². The number of aromatic amines is 1. The molecule has 3 atom stereocenters. The van der Waals surface area contributed by atoms with Crippen molar-refractivity contribution < 1.29 is 5.11 Å². The number of aromatic nitrogens is 4. The van der Waals surface area contributed by atoms with Crippen molar-refractivity contribution in [2.24, 2.45) is 0 Å². The molecule has 0 unspecified atom stereocenters. The first kappa shape index (κ1) is 21.1. The molecule has 32 heavy (non-hydrogen) atoms. The largest absolute Gasteiger partial charge is 0.390 e. The first-order valence-electron chi connectivity index (χ1n) is 11.2. The lowest BCUT2D eigenvalue weighted by Gasteiger charge is -2.50. The number of nitrogens with one attached hydrogen (secondary N) is 2. The van der Waals surface area contributed by atoms with Crippen LogP contribution in [0.1, 0.15) is 44.2 Å². The standard InChI is InChI=1S/C22H28N8OS/c1-29(17-11-15-4-2-5-16(12-17)30(15)8-3-7-23)22-25-20(18-6-9-32-21(18)26-22)24-19-10-14(13-31)27-28-19/h6,9-10,15-17,31H,2-5,8,11-13H2,1H3,(H2,24,25,26,27,28)/t15-,16+,17-. The molecule has 2 aliphatic rings. The number of aliphatic hydroxyl groups is 1. The minimum absolute atomic E-state index is 0.0876. The Balaban J connectivity index is 1.39.